The summed E-state index contributed by atoms with van der Waals surface area (Å²) in [6.45, 7) is 2.11. The molecule has 2 rings (SSSR count). The molecule has 1 aliphatic carbocycles. The van der Waals surface area contributed by atoms with Crippen molar-refractivity contribution in [2.75, 3.05) is 7.11 Å². The minimum Gasteiger partial charge on any atom is -0.496 e. The molecule has 3 nitrogen and oxygen atoms in total. The molecule has 3 heteroatoms. The van der Waals surface area contributed by atoms with Crippen LogP contribution >= 0.6 is 0 Å². The summed E-state index contributed by atoms with van der Waals surface area (Å²) >= 11 is 0. The molecule has 1 atom stereocenters. The number of nitrogens with two attached hydrogens (primary N) is 2. The van der Waals surface area contributed by atoms with Crippen molar-refractivity contribution >= 4 is 0 Å². The van der Waals surface area contributed by atoms with Gasteiger partial charge in [-0.1, -0.05) is 19.1 Å². The Hall–Kier alpha value is -1.06. The van der Waals surface area contributed by atoms with E-state index in [4.69, 9.17) is 16.2 Å². The number of benzene rings is 1. The molecule has 0 bridgehead atoms. The van der Waals surface area contributed by atoms with Crippen molar-refractivity contribution < 1.29 is 4.74 Å². The van der Waals surface area contributed by atoms with E-state index in [1.54, 1.807) is 7.11 Å². The predicted molar refractivity (Wildman–Crippen MR) is 65.5 cm³/mol. The SMILES string of the molecule is CCc1cc(C(N)C2(N)CC2)ccc1OC. The number of hydrogen-bond acceptors (Lipinski definition) is 3. The third kappa shape index (κ3) is 1.93. The molecule has 0 aromatic heterocycles. The zero-order valence-electron chi connectivity index (χ0n) is 9.99. The van der Waals surface area contributed by atoms with Crippen molar-refractivity contribution in [1.29, 1.82) is 0 Å². The maximum atomic E-state index is 6.18. The molecule has 1 fully saturated rings. The maximum Gasteiger partial charge on any atom is 0.122 e. The van der Waals surface area contributed by atoms with Crippen molar-refractivity contribution in [2.24, 2.45) is 11.5 Å². The monoisotopic (exact) mass is 220 g/mol. The molecule has 1 saturated carbocycles. The number of ether oxygens (including phenoxy) is 1. The van der Waals surface area contributed by atoms with Gasteiger partial charge in [-0.3, -0.25) is 0 Å². The first-order valence-corrected chi connectivity index (χ1v) is 5.82. The van der Waals surface area contributed by atoms with Crippen molar-refractivity contribution in [1.82, 2.24) is 0 Å². The minimum absolute atomic E-state index is 0.0521. The van der Waals surface area contributed by atoms with Crippen LogP contribution in [0.4, 0.5) is 0 Å². The largest absolute Gasteiger partial charge is 0.496 e. The number of methoxy groups -OCH3 is 1. The summed E-state index contributed by atoms with van der Waals surface area (Å²) in [6, 6.07) is 6.08. The Labute approximate surface area is 96.8 Å². The first-order chi connectivity index (χ1) is 7.60. The highest BCUT2D eigenvalue weighted by Crippen LogP contribution is 2.42. The molecule has 1 unspecified atom stereocenters. The third-order valence-electron chi connectivity index (χ3n) is 3.49. The van der Waals surface area contributed by atoms with Gasteiger partial charge in [0.2, 0.25) is 0 Å². The fourth-order valence-electron chi connectivity index (χ4n) is 2.06. The summed E-state index contributed by atoms with van der Waals surface area (Å²) in [7, 11) is 1.69. The molecule has 0 radical (unpaired) electrons. The molecule has 1 aromatic carbocycles. The first-order valence-electron chi connectivity index (χ1n) is 5.82. The van der Waals surface area contributed by atoms with Gasteiger partial charge in [0.05, 0.1) is 7.11 Å². The van der Waals surface area contributed by atoms with E-state index in [1.807, 2.05) is 12.1 Å². The highest BCUT2D eigenvalue weighted by atomic mass is 16.5. The van der Waals surface area contributed by atoms with Gasteiger partial charge in [0.1, 0.15) is 5.75 Å². The number of hydrogen-bond donors (Lipinski definition) is 2. The maximum absolute atomic E-state index is 6.18. The van der Waals surface area contributed by atoms with Crippen LogP contribution in [-0.2, 0) is 6.42 Å². The van der Waals surface area contributed by atoms with Crippen LogP contribution in [0.5, 0.6) is 5.75 Å². The Bertz CT molecular complexity index is 386. The molecule has 0 aliphatic heterocycles. The van der Waals surface area contributed by atoms with Crippen molar-refractivity contribution in [2.45, 2.75) is 37.8 Å². The predicted octanol–water partition coefficient (Wildman–Crippen LogP) is 1.75. The molecular weight excluding hydrogens is 200 g/mol. The lowest BCUT2D eigenvalue weighted by molar-refractivity contribution is 0.409. The van der Waals surface area contributed by atoms with E-state index in [1.165, 1.54) is 5.56 Å². The van der Waals surface area contributed by atoms with Crippen LogP contribution in [0, 0.1) is 0 Å². The lowest BCUT2D eigenvalue weighted by Crippen LogP contribution is -2.36. The highest BCUT2D eigenvalue weighted by molar-refractivity contribution is 5.40. The Balaban J connectivity index is 2.28. The summed E-state index contributed by atoms with van der Waals surface area (Å²) in [5.74, 6) is 0.931. The van der Waals surface area contributed by atoms with E-state index >= 15 is 0 Å². The van der Waals surface area contributed by atoms with Crippen molar-refractivity contribution in [3.8, 4) is 5.75 Å². The third-order valence-corrected chi connectivity index (χ3v) is 3.49. The second-order valence-electron chi connectivity index (χ2n) is 4.64. The Morgan fingerprint density at radius 3 is 2.62 bits per heavy atom. The summed E-state index contributed by atoms with van der Waals surface area (Å²) in [5, 5.41) is 0. The zero-order valence-corrected chi connectivity index (χ0v) is 9.99. The second-order valence-corrected chi connectivity index (χ2v) is 4.64. The van der Waals surface area contributed by atoms with Crippen LogP contribution < -0.4 is 16.2 Å². The van der Waals surface area contributed by atoms with Gasteiger partial charge < -0.3 is 16.2 Å². The van der Waals surface area contributed by atoms with Gasteiger partial charge in [0, 0.05) is 11.6 Å². The Morgan fingerprint density at radius 1 is 1.44 bits per heavy atom. The van der Waals surface area contributed by atoms with Crippen molar-refractivity contribution in [3.63, 3.8) is 0 Å². The Morgan fingerprint density at radius 2 is 2.12 bits per heavy atom. The van der Waals surface area contributed by atoms with Gasteiger partial charge in [0.15, 0.2) is 0 Å². The van der Waals surface area contributed by atoms with Gasteiger partial charge in [-0.05, 0) is 36.5 Å². The minimum atomic E-state index is -0.167. The summed E-state index contributed by atoms with van der Waals surface area (Å²) in [4.78, 5) is 0. The highest BCUT2D eigenvalue weighted by Gasteiger charge is 2.44. The average molecular weight is 220 g/mol. The molecule has 0 spiro atoms. The molecule has 0 heterocycles. The number of rotatable bonds is 4. The molecule has 1 aliphatic rings. The fourth-order valence-corrected chi connectivity index (χ4v) is 2.06. The van der Waals surface area contributed by atoms with Crippen LogP contribution in [0.2, 0.25) is 0 Å². The average Bonchev–Trinajstić information content (AvgIpc) is 3.06. The van der Waals surface area contributed by atoms with Gasteiger partial charge in [-0.2, -0.15) is 0 Å². The first kappa shape index (κ1) is 11.4. The van der Waals surface area contributed by atoms with E-state index in [-0.39, 0.29) is 11.6 Å². The van der Waals surface area contributed by atoms with Crippen LogP contribution in [0.15, 0.2) is 18.2 Å². The zero-order chi connectivity index (χ0) is 11.8. The molecule has 4 N–H and O–H groups in total. The number of aryl methyl sites for hydroxylation is 1. The van der Waals surface area contributed by atoms with Crippen LogP contribution in [-0.4, -0.2) is 12.6 Å². The van der Waals surface area contributed by atoms with Gasteiger partial charge in [-0.25, -0.2) is 0 Å². The van der Waals surface area contributed by atoms with Crippen LogP contribution in [0.3, 0.4) is 0 Å². The molecule has 0 saturated heterocycles. The molecule has 0 amide bonds. The molecule has 1 aromatic rings. The molecular formula is C13H20N2O. The summed E-state index contributed by atoms with van der Waals surface area (Å²) < 4.78 is 5.30. The topological polar surface area (TPSA) is 61.3 Å². The van der Waals surface area contributed by atoms with E-state index in [2.05, 4.69) is 13.0 Å². The molecule has 16 heavy (non-hydrogen) atoms. The quantitative estimate of drug-likeness (QED) is 0.812. The fraction of sp³-hybridized carbons (Fsp3) is 0.538. The molecule has 88 valence electrons. The van der Waals surface area contributed by atoms with E-state index in [9.17, 15) is 0 Å². The van der Waals surface area contributed by atoms with Crippen molar-refractivity contribution in [3.05, 3.63) is 29.3 Å². The van der Waals surface area contributed by atoms with Gasteiger partial charge >= 0.3 is 0 Å². The smallest absolute Gasteiger partial charge is 0.122 e. The van der Waals surface area contributed by atoms with E-state index < -0.39 is 0 Å². The van der Waals surface area contributed by atoms with E-state index in [0.29, 0.717) is 0 Å². The van der Waals surface area contributed by atoms with Crippen LogP contribution in [0.1, 0.15) is 36.9 Å². The van der Waals surface area contributed by atoms with E-state index in [0.717, 1.165) is 30.6 Å². The lowest BCUT2D eigenvalue weighted by atomic mass is 9.96. The second kappa shape index (κ2) is 4.07. The van der Waals surface area contributed by atoms with Gasteiger partial charge in [-0.15, -0.1) is 0 Å². The summed E-state index contributed by atoms with van der Waals surface area (Å²) in [5.41, 5.74) is 14.5. The van der Waals surface area contributed by atoms with Crippen LogP contribution in [0.25, 0.3) is 0 Å². The summed E-state index contributed by atoms with van der Waals surface area (Å²) in [6.07, 6.45) is 3.00. The standard InChI is InChI=1S/C13H20N2O/c1-3-9-8-10(4-5-11(9)16-2)12(14)13(15)6-7-13/h4-5,8,12H,3,6-7,14-15H2,1-2H3. The van der Waals surface area contributed by atoms with Gasteiger partial charge in [0.25, 0.3) is 0 Å². The lowest BCUT2D eigenvalue weighted by Gasteiger charge is -2.20. The normalized spacial score (nSPS) is 19.2. The Kier molecular flexibility index (Phi) is 2.91.